The van der Waals surface area contributed by atoms with Crippen LogP contribution in [0.2, 0.25) is 5.02 Å². The Morgan fingerprint density at radius 2 is 1.71 bits per heavy atom. The average Bonchev–Trinajstić information content (AvgIpc) is 2.75. The minimum atomic E-state index is -1.27. The maximum Gasteiger partial charge on any atom is 0.305 e. The smallest absolute Gasteiger partial charge is 0.305 e. The summed E-state index contributed by atoms with van der Waals surface area (Å²) in [6.07, 6.45) is 1.72. The molecule has 2 aromatic rings. The zero-order chi connectivity index (χ0) is 22.4. The number of carboxylic acid groups (broad SMARTS) is 1. The Morgan fingerprint density at radius 3 is 2.32 bits per heavy atom. The Bertz CT molecular complexity index is 976. The van der Waals surface area contributed by atoms with Crippen molar-refractivity contribution in [3.63, 3.8) is 0 Å². The highest BCUT2D eigenvalue weighted by Gasteiger charge is 2.25. The molecule has 0 spiro atoms. The molecule has 1 saturated heterocycles. The molecule has 1 aliphatic rings. The minimum Gasteiger partial charge on any atom is -0.481 e. The van der Waals surface area contributed by atoms with Crippen molar-refractivity contribution < 1.29 is 24.3 Å². The molecule has 9 heteroatoms. The number of nitrogens with zero attached hydrogens (tertiary/aromatic N) is 1. The molecule has 3 rings (SSSR count). The number of benzene rings is 2. The van der Waals surface area contributed by atoms with Crippen LogP contribution in [0.1, 0.15) is 36.0 Å². The van der Waals surface area contributed by atoms with Gasteiger partial charge in [0.1, 0.15) is 6.04 Å². The van der Waals surface area contributed by atoms with Crippen molar-refractivity contribution in [1.29, 1.82) is 0 Å². The first-order valence-corrected chi connectivity index (χ1v) is 10.2. The maximum absolute atomic E-state index is 12.6. The zero-order valence-corrected chi connectivity index (χ0v) is 17.4. The maximum atomic E-state index is 12.6. The summed E-state index contributed by atoms with van der Waals surface area (Å²) in [7, 11) is 0. The van der Waals surface area contributed by atoms with Crippen LogP contribution in [0.4, 0.5) is 11.4 Å². The molecule has 0 aliphatic carbocycles. The number of piperidine rings is 1. The van der Waals surface area contributed by atoms with E-state index in [1.165, 1.54) is 0 Å². The minimum absolute atomic E-state index is 0.0452. The van der Waals surface area contributed by atoms with Crippen LogP contribution in [0.15, 0.2) is 48.5 Å². The lowest BCUT2D eigenvalue weighted by atomic mass is 10.1. The van der Waals surface area contributed by atoms with Gasteiger partial charge in [0, 0.05) is 34.9 Å². The topological polar surface area (TPSA) is 116 Å². The highest BCUT2D eigenvalue weighted by atomic mass is 35.5. The summed E-state index contributed by atoms with van der Waals surface area (Å²) < 4.78 is 0. The quantitative estimate of drug-likeness (QED) is 0.608. The molecule has 31 heavy (non-hydrogen) atoms. The molecule has 1 aliphatic heterocycles. The molecule has 0 aromatic heterocycles. The molecule has 0 radical (unpaired) electrons. The summed E-state index contributed by atoms with van der Waals surface area (Å²) in [5, 5.41) is 14.7. The molecular formula is C22H22ClN3O5. The molecule has 1 heterocycles. The van der Waals surface area contributed by atoms with E-state index in [1.54, 1.807) is 53.4 Å². The number of hydrogen-bond acceptors (Lipinski definition) is 4. The number of carbonyl (C=O) groups is 4. The van der Waals surface area contributed by atoms with Gasteiger partial charge in [-0.3, -0.25) is 19.2 Å². The molecule has 8 nitrogen and oxygen atoms in total. The van der Waals surface area contributed by atoms with E-state index in [4.69, 9.17) is 16.7 Å². The van der Waals surface area contributed by atoms with Crippen LogP contribution in [0, 0.1) is 0 Å². The van der Waals surface area contributed by atoms with Crippen LogP contribution in [0.5, 0.6) is 0 Å². The van der Waals surface area contributed by atoms with Crippen molar-refractivity contribution in [2.24, 2.45) is 0 Å². The fraction of sp³-hybridized carbons (Fsp3) is 0.273. The first-order valence-electron chi connectivity index (χ1n) is 9.83. The fourth-order valence-electron chi connectivity index (χ4n) is 3.26. The van der Waals surface area contributed by atoms with E-state index in [9.17, 15) is 19.2 Å². The molecule has 3 N–H and O–H groups in total. The Hall–Kier alpha value is -3.39. The highest BCUT2D eigenvalue weighted by Crippen LogP contribution is 2.21. The van der Waals surface area contributed by atoms with Gasteiger partial charge < -0.3 is 20.6 Å². The van der Waals surface area contributed by atoms with Crippen LogP contribution in [-0.2, 0) is 14.4 Å². The average molecular weight is 444 g/mol. The van der Waals surface area contributed by atoms with Gasteiger partial charge >= 0.3 is 5.97 Å². The van der Waals surface area contributed by atoms with Crippen molar-refractivity contribution in [1.82, 2.24) is 5.32 Å². The predicted molar refractivity (Wildman–Crippen MR) is 116 cm³/mol. The summed E-state index contributed by atoms with van der Waals surface area (Å²) in [5.74, 6) is -2.43. The lowest BCUT2D eigenvalue weighted by molar-refractivity contribution is -0.139. The Labute approximate surface area is 184 Å². The second-order valence-electron chi connectivity index (χ2n) is 7.17. The van der Waals surface area contributed by atoms with Gasteiger partial charge in [-0.2, -0.15) is 0 Å². The number of aliphatic carboxylic acids is 1. The summed E-state index contributed by atoms with van der Waals surface area (Å²) >= 11 is 5.82. The van der Waals surface area contributed by atoms with Gasteiger partial charge in [-0.05, 0) is 61.4 Å². The Morgan fingerprint density at radius 1 is 1.03 bits per heavy atom. The number of nitrogens with one attached hydrogen (secondary N) is 2. The molecule has 0 bridgehead atoms. The first kappa shape index (κ1) is 22.3. The molecule has 162 valence electrons. The molecule has 2 aromatic carbocycles. The second kappa shape index (κ2) is 10.1. The van der Waals surface area contributed by atoms with E-state index < -0.39 is 30.2 Å². The van der Waals surface area contributed by atoms with E-state index >= 15 is 0 Å². The lowest BCUT2D eigenvalue weighted by Gasteiger charge is -2.26. The highest BCUT2D eigenvalue weighted by molar-refractivity contribution is 6.30. The molecule has 1 atom stereocenters. The van der Waals surface area contributed by atoms with E-state index in [0.717, 1.165) is 12.8 Å². The predicted octanol–water partition coefficient (Wildman–Crippen LogP) is 3.07. The number of halogens is 1. The van der Waals surface area contributed by atoms with Crippen LogP contribution in [0.25, 0.3) is 0 Å². The summed E-state index contributed by atoms with van der Waals surface area (Å²) in [6.45, 7) is 0.635. The summed E-state index contributed by atoms with van der Waals surface area (Å²) in [5.41, 5.74) is 1.38. The standard InChI is InChI=1S/C22H22ClN3O5/c23-15-6-8-16(9-7-15)24-22(31)18(13-20(28)29)25-21(30)14-4-10-17(11-5-14)26-12-2-1-3-19(26)27/h4-11,18H,1-3,12-13H2,(H,24,31)(H,25,30)(H,28,29)/t18-/m0/s1. The molecule has 3 amide bonds. The Kier molecular flexibility index (Phi) is 7.25. The fourth-order valence-corrected chi connectivity index (χ4v) is 3.39. The third-order valence-corrected chi connectivity index (χ3v) is 5.13. The number of hydrogen-bond donors (Lipinski definition) is 3. The number of carbonyl (C=O) groups excluding carboxylic acids is 3. The summed E-state index contributed by atoms with van der Waals surface area (Å²) in [4.78, 5) is 50.1. The first-order chi connectivity index (χ1) is 14.8. The van der Waals surface area contributed by atoms with Crippen LogP contribution >= 0.6 is 11.6 Å². The zero-order valence-electron chi connectivity index (χ0n) is 16.6. The van der Waals surface area contributed by atoms with E-state index in [-0.39, 0.29) is 11.5 Å². The van der Waals surface area contributed by atoms with Gasteiger partial charge in [0.2, 0.25) is 11.8 Å². The van der Waals surface area contributed by atoms with Crippen molar-refractivity contribution in [2.75, 3.05) is 16.8 Å². The number of anilines is 2. The van der Waals surface area contributed by atoms with Crippen molar-refractivity contribution >= 4 is 46.7 Å². The number of carboxylic acids is 1. The van der Waals surface area contributed by atoms with Crippen LogP contribution in [-0.4, -0.2) is 41.4 Å². The van der Waals surface area contributed by atoms with E-state index in [0.29, 0.717) is 29.4 Å². The molecule has 1 fully saturated rings. The van der Waals surface area contributed by atoms with Gasteiger partial charge in [-0.25, -0.2) is 0 Å². The number of rotatable bonds is 7. The SMILES string of the molecule is O=C(O)C[C@H](NC(=O)c1ccc(N2CCCCC2=O)cc1)C(=O)Nc1ccc(Cl)cc1. The monoisotopic (exact) mass is 443 g/mol. The van der Waals surface area contributed by atoms with Crippen molar-refractivity contribution in [3.8, 4) is 0 Å². The van der Waals surface area contributed by atoms with Gasteiger partial charge in [0.25, 0.3) is 5.91 Å². The normalized spacial score (nSPS) is 14.6. The van der Waals surface area contributed by atoms with Gasteiger partial charge in [-0.1, -0.05) is 11.6 Å². The second-order valence-corrected chi connectivity index (χ2v) is 7.61. The van der Waals surface area contributed by atoms with Crippen molar-refractivity contribution in [3.05, 3.63) is 59.1 Å². The third-order valence-electron chi connectivity index (χ3n) is 4.88. The number of amides is 3. The molecular weight excluding hydrogens is 422 g/mol. The molecule has 0 saturated carbocycles. The third kappa shape index (κ3) is 6.05. The lowest BCUT2D eigenvalue weighted by Crippen LogP contribution is -2.45. The van der Waals surface area contributed by atoms with Gasteiger partial charge in [-0.15, -0.1) is 0 Å². The van der Waals surface area contributed by atoms with Crippen LogP contribution in [0.3, 0.4) is 0 Å². The van der Waals surface area contributed by atoms with Crippen molar-refractivity contribution in [2.45, 2.75) is 31.7 Å². The van der Waals surface area contributed by atoms with E-state index in [2.05, 4.69) is 10.6 Å². The van der Waals surface area contributed by atoms with Crippen LogP contribution < -0.4 is 15.5 Å². The van der Waals surface area contributed by atoms with Gasteiger partial charge in [0.15, 0.2) is 0 Å². The summed E-state index contributed by atoms with van der Waals surface area (Å²) in [6, 6.07) is 11.4. The largest absolute Gasteiger partial charge is 0.481 e. The molecule has 0 unspecified atom stereocenters. The van der Waals surface area contributed by atoms with Gasteiger partial charge in [0.05, 0.1) is 6.42 Å². The van der Waals surface area contributed by atoms with E-state index in [1.807, 2.05) is 0 Å². The Balaban J connectivity index is 1.68.